The first-order chi connectivity index (χ1) is 8.66. The van der Waals surface area contributed by atoms with Crippen LogP contribution in [0.2, 0.25) is 0 Å². The number of rotatable bonds is 7. The van der Waals surface area contributed by atoms with E-state index < -0.39 is 5.97 Å². The highest BCUT2D eigenvalue weighted by Gasteiger charge is 2.20. The maximum atomic E-state index is 11.6. The zero-order chi connectivity index (χ0) is 13.0. The summed E-state index contributed by atoms with van der Waals surface area (Å²) < 4.78 is 1.44. The molecule has 1 fully saturated rings. The number of amides is 1. The smallest absolute Gasteiger partial charge is 0.352 e. The SMILES string of the molecule is O=C(Cn1cccc1C(=O)O)NCCCC1CC1. The zero-order valence-corrected chi connectivity index (χ0v) is 10.3. The first-order valence-corrected chi connectivity index (χ1v) is 6.32. The first-order valence-electron chi connectivity index (χ1n) is 6.32. The minimum atomic E-state index is -1.01. The largest absolute Gasteiger partial charge is 0.477 e. The molecule has 0 aromatic carbocycles. The third-order valence-corrected chi connectivity index (χ3v) is 3.17. The fourth-order valence-corrected chi connectivity index (χ4v) is 1.98. The maximum Gasteiger partial charge on any atom is 0.352 e. The van der Waals surface area contributed by atoms with E-state index in [1.807, 2.05) is 0 Å². The molecule has 0 bridgehead atoms. The molecule has 1 heterocycles. The molecule has 0 unspecified atom stereocenters. The maximum absolute atomic E-state index is 11.6. The van der Waals surface area contributed by atoms with Crippen LogP contribution in [-0.4, -0.2) is 28.1 Å². The van der Waals surface area contributed by atoms with Crippen LogP contribution >= 0.6 is 0 Å². The van der Waals surface area contributed by atoms with Crippen LogP contribution < -0.4 is 5.32 Å². The van der Waals surface area contributed by atoms with Gasteiger partial charge in [0.2, 0.25) is 5.91 Å². The summed E-state index contributed by atoms with van der Waals surface area (Å²) in [6.07, 6.45) is 6.46. The van der Waals surface area contributed by atoms with Crippen LogP contribution in [0.3, 0.4) is 0 Å². The lowest BCUT2D eigenvalue weighted by molar-refractivity contribution is -0.121. The van der Waals surface area contributed by atoms with Crippen LogP contribution in [0.1, 0.15) is 36.2 Å². The van der Waals surface area contributed by atoms with Gasteiger partial charge in [-0.15, -0.1) is 0 Å². The monoisotopic (exact) mass is 250 g/mol. The lowest BCUT2D eigenvalue weighted by atomic mass is 10.2. The summed E-state index contributed by atoms with van der Waals surface area (Å²) in [5.74, 6) is -0.268. The predicted octanol–water partition coefficient (Wildman–Crippen LogP) is 1.49. The Hall–Kier alpha value is -1.78. The summed E-state index contributed by atoms with van der Waals surface area (Å²) in [6, 6.07) is 3.12. The van der Waals surface area contributed by atoms with Gasteiger partial charge in [0, 0.05) is 12.7 Å². The Morgan fingerprint density at radius 3 is 2.89 bits per heavy atom. The fourth-order valence-electron chi connectivity index (χ4n) is 1.98. The van der Waals surface area contributed by atoms with Crippen LogP contribution in [0.4, 0.5) is 0 Å². The first kappa shape index (κ1) is 12.7. The molecule has 2 N–H and O–H groups in total. The highest BCUT2D eigenvalue weighted by atomic mass is 16.4. The van der Waals surface area contributed by atoms with Gasteiger partial charge in [-0.05, 0) is 30.9 Å². The molecule has 0 aliphatic heterocycles. The van der Waals surface area contributed by atoms with Gasteiger partial charge in [0.1, 0.15) is 12.2 Å². The molecule has 5 heteroatoms. The van der Waals surface area contributed by atoms with E-state index in [-0.39, 0.29) is 18.1 Å². The Kier molecular flexibility index (Phi) is 4.02. The molecule has 2 rings (SSSR count). The molecule has 1 amide bonds. The summed E-state index contributed by atoms with van der Waals surface area (Å²) in [5, 5.41) is 11.7. The van der Waals surface area contributed by atoms with Crippen molar-refractivity contribution in [3.05, 3.63) is 24.0 Å². The summed E-state index contributed by atoms with van der Waals surface area (Å²) in [7, 11) is 0. The van der Waals surface area contributed by atoms with Crippen molar-refractivity contribution in [3.8, 4) is 0 Å². The van der Waals surface area contributed by atoms with E-state index in [1.165, 1.54) is 29.9 Å². The Labute approximate surface area is 106 Å². The Morgan fingerprint density at radius 2 is 2.22 bits per heavy atom. The molecule has 1 aromatic heterocycles. The van der Waals surface area contributed by atoms with Crippen LogP contribution in [0.25, 0.3) is 0 Å². The predicted molar refractivity (Wildman–Crippen MR) is 66.4 cm³/mol. The second-order valence-corrected chi connectivity index (χ2v) is 4.76. The van der Waals surface area contributed by atoms with E-state index in [0.29, 0.717) is 6.54 Å². The molecule has 1 aliphatic carbocycles. The molecule has 98 valence electrons. The van der Waals surface area contributed by atoms with Gasteiger partial charge in [0.05, 0.1) is 0 Å². The van der Waals surface area contributed by atoms with Crippen molar-refractivity contribution in [2.24, 2.45) is 5.92 Å². The second kappa shape index (κ2) is 5.71. The minimum absolute atomic E-state index is 0.0675. The van der Waals surface area contributed by atoms with E-state index >= 15 is 0 Å². The van der Waals surface area contributed by atoms with E-state index in [9.17, 15) is 9.59 Å². The number of aromatic nitrogens is 1. The third kappa shape index (κ3) is 3.61. The Bertz CT molecular complexity index is 435. The number of carbonyl (C=O) groups is 2. The van der Waals surface area contributed by atoms with Crippen LogP contribution in [0.5, 0.6) is 0 Å². The van der Waals surface area contributed by atoms with Crippen molar-refractivity contribution >= 4 is 11.9 Å². The normalized spacial score (nSPS) is 14.4. The van der Waals surface area contributed by atoms with Gasteiger partial charge in [-0.2, -0.15) is 0 Å². The zero-order valence-electron chi connectivity index (χ0n) is 10.3. The van der Waals surface area contributed by atoms with Crippen LogP contribution in [0, 0.1) is 5.92 Å². The highest BCUT2D eigenvalue weighted by molar-refractivity contribution is 5.86. The highest BCUT2D eigenvalue weighted by Crippen LogP contribution is 2.33. The lowest BCUT2D eigenvalue weighted by Crippen LogP contribution is -2.29. The molecule has 0 spiro atoms. The van der Waals surface area contributed by atoms with Crippen molar-refractivity contribution in [1.82, 2.24) is 9.88 Å². The van der Waals surface area contributed by atoms with Gasteiger partial charge in [-0.1, -0.05) is 12.8 Å². The van der Waals surface area contributed by atoms with Gasteiger partial charge in [-0.3, -0.25) is 4.79 Å². The molecule has 1 saturated carbocycles. The van der Waals surface area contributed by atoms with E-state index in [0.717, 1.165) is 12.3 Å². The second-order valence-electron chi connectivity index (χ2n) is 4.76. The number of carboxylic acid groups (broad SMARTS) is 1. The molecule has 18 heavy (non-hydrogen) atoms. The van der Waals surface area contributed by atoms with Crippen LogP contribution in [-0.2, 0) is 11.3 Å². The topological polar surface area (TPSA) is 71.3 Å². The molecule has 1 aromatic rings. The average molecular weight is 250 g/mol. The molecular formula is C13H18N2O3. The van der Waals surface area contributed by atoms with E-state index in [2.05, 4.69) is 5.32 Å². The number of carbonyl (C=O) groups excluding carboxylic acids is 1. The quantitative estimate of drug-likeness (QED) is 0.720. The Balaban J connectivity index is 1.72. The lowest BCUT2D eigenvalue weighted by Gasteiger charge is -2.07. The van der Waals surface area contributed by atoms with Crippen molar-refractivity contribution < 1.29 is 14.7 Å². The fraction of sp³-hybridized carbons (Fsp3) is 0.538. The van der Waals surface area contributed by atoms with Gasteiger partial charge in [0.15, 0.2) is 0 Å². The molecule has 0 radical (unpaired) electrons. The number of nitrogens with one attached hydrogen (secondary N) is 1. The van der Waals surface area contributed by atoms with Gasteiger partial charge in [-0.25, -0.2) is 4.79 Å². The number of nitrogens with zero attached hydrogens (tertiary/aromatic N) is 1. The number of carboxylic acids is 1. The molecule has 0 saturated heterocycles. The van der Waals surface area contributed by atoms with Crippen molar-refractivity contribution in [3.63, 3.8) is 0 Å². The molecule has 0 atom stereocenters. The molecular weight excluding hydrogens is 232 g/mol. The standard InChI is InChI=1S/C13H18N2O3/c16-12(14-7-1-3-10-5-6-10)9-15-8-2-4-11(15)13(17)18/h2,4,8,10H,1,3,5-7,9H2,(H,14,16)(H,17,18). The summed E-state index contributed by atoms with van der Waals surface area (Å²) in [5.41, 5.74) is 0.142. The van der Waals surface area contributed by atoms with Gasteiger partial charge in [0.25, 0.3) is 0 Å². The Morgan fingerprint density at radius 1 is 1.44 bits per heavy atom. The number of aromatic carboxylic acids is 1. The number of hydrogen-bond donors (Lipinski definition) is 2. The van der Waals surface area contributed by atoms with Crippen molar-refractivity contribution in [1.29, 1.82) is 0 Å². The summed E-state index contributed by atoms with van der Waals surface area (Å²) >= 11 is 0. The van der Waals surface area contributed by atoms with Gasteiger partial charge < -0.3 is 15.0 Å². The summed E-state index contributed by atoms with van der Waals surface area (Å²) in [6.45, 7) is 0.747. The van der Waals surface area contributed by atoms with Crippen molar-refractivity contribution in [2.75, 3.05) is 6.54 Å². The third-order valence-electron chi connectivity index (χ3n) is 3.17. The molecule has 5 nitrogen and oxygen atoms in total. The van der Waals surface area contributed by atoms with E-state index in [1.54, 1.807) is 12.3 Å². The van der Waals surface area contributed by atoms with Gasteiger partial charge >= 0.3 is 5.97 Å². The van der Waals surface area contributed by atoms with Crippen LogP contribution in [0.15, 0.2) is 18.3 Å². The minimum Gasteiger partial charge on any atom is -0.477 e. The van der Waals surface area contributed by atoms with Crippen molar-refractivity contribution in [2.45, 2.75) is 32.2 Å². The summed E-state index contributed by atoms with van der Waals surface area (Å²) in [4.78, 5) is 22.5. The number of hydrogen-bond acceptors (Lipinski definition) is 2. The molecule has 1 aliphatic rings. The average Bonchev–Trinajstić information content (AvgIpc) is 3.03. The van der Waals surface area contributed by atoms with E-state index in [4.69, 9.17) is 5.11 Å².